The molecule has 1 atom stereocenters. The predicted molar refractivity (Wildman–Crippen MR) is 107 cm³/mol. The Hall–Kier alpha value is -2.40. The summed E-state index contributed by atoms with van der Waals surface area (Å²) in [6, 6.07) is 16.6. The van der Waals surface area contributed by atoms with E-state index in [-0.39, 0.29) is 11.6 Å². The second-order valence-corrected chi connectivity index (χ2v) is 8.29. The van der Waals surface area contributed by atoms with Gasteiger partial charge in [-0.15, -0.1) is 10.2 Å². The molecule has 2 aromatic rings. The highest BCUT2D eigenvalue weighted by atomic mass is 16.7. The van der Waals surface area contributed by atoms with E-state index in [2.05, 4.69) is 65.4 Å². The molecule has 0 saturated carbocycles. The zero-order valence-electron chi connectivity index (χ0n) is 16.4. The normalized spacial score (nSPS) is 20.7. The second-order valence-electron chi connectivity index (χ2n) is 8.29. The highest BCUT2D eigenvalue weighted by Crippen LogP contribution is 2.49. The third kappa shape index (κ3) is 3.69. The monoisotopic (exact) mass is 364 g/mol. The lowest BCUT2D eigenvalue weighted by molar-refractivity contribution is -0.128. The molecule has 2 aromatic carbocycles. The van der Waals surface area contributed by atoms with Crippen molar-refractivity contribution >= 4 is 5.69 Å². The molecule has 0 radical (unpaired) electrons. The Balaban J connectivity index is 1.74. The Morgan fingerprint density at radius 2 is 1.67 bits per heavy atom. The number of hydroxylamine groups is 2. The van der Waals surface area contributed by atoms with Gasteiger partial charge in [0.2, 0.25) is 0 Å². The smallest absolute Gasteiger partial charge is 0.155 e. The van der Waals surface area contributed by atoms with Gasteiger partial charge in [-0.25, -0.2) is 0 Å². The van der Waals surface area contributed by atoms with Gasteiger partial charge in [-0.05, 0) is 57.7 Å². The highest BCUT2D eigenvalue weighted by Gasteiger charge is 2.42. The minimum absolute atomic E-state index is 0.00212. The van der Waals surface area contributed by atoms with E-state index in [4.69, 9.17) is 4.84 Å². The first-order chi connectivity index (χ1) is 13.0. The molecule has 27 heavy (non-hydrogen) atoms. The van der Waals surface area contributed by atoms with Gasteiger partial charge in [0.15, 0.2) is 5.75 Å². The van der Waals surface area contributed by atoms with Crippen molar-refractivity contribution in [3.8, 4) is 5.75 Å². The Morgan fingerprint density at radius 1 is 0.926 bits per heavy atom. The van der Waals surface area contributed by atoms with Gasteiger partial charge in [0, 0.05) is 24.2 Å². The van der Waals surface area contributed by atoms with Gasteiger partial charge in [0.25, 0.3) is 0 Å². The van der Waals surface area contributed by atoms with E-state index >= 15 is 0 Å². The molecule has 0 aromatic heterocycles. The van der Waals surface area contributed by atoms with Crippen LogP contribution in [-0.2, 0) is 0 Å². The molecule has 1 saturated heterocycles. The number of benzene rings is 2. The number of rotatable bonds is 3. The summed E-state index contributed by atoms with van der Waals surface area (Å²) in [6.45, 7) is 8.49. The van der Waals surface area contributed by atoms with Crippen LogP contribution in [-0.4, -0.2) is 28.7 Å². The zero-order valence-corrected chi connectivity index (χ0v) is 16.4. The van der Waals surface area contributed by atoms with Crippen LogP contribution in [0.2, 0.25) is 0 Å². The van der Waals surface area contributed by atoms with E-state index < -0.39 is 0 Å². The first kappa shape index (κ1) is 18.0. The van der Waals surface area contributed by atoms with Gasteiger partial charge in [-0.2, -0.15) is 0 Å². The Labute approximate surface area is 161 Å². The standard InChI is InChI=1S/C22H28N4O/c1-22(2,3)26-21(17-11-6-4-7-12-17)20-18(13-10-14-19(20)27-26)23-24-25-15-8-5-9-16-25/h4,6-7,10-14,21H,5,8-9,15-16H2,1-3H3. The third-order valence-corrected chi connectivity index (χ3v) is 5.14. The maximum atomic E-state index is 6.29. The molecule has 2 heterocycles. The van der Waals surface area contributed by atoms with Crippen molar-refractivity contribution in [2.75, 3.05) is 13.1 Å². The van der Waals surface area contributed by atoms with Gasteiger partial charge < -0.3 is 4.84 Å². The van der Waals surface area contributed by atoms with E-state index in [9.17, 15) is 0 Å². The topological polar surface area (TPSA) is 40.4 Å². The Morgan fingerprint density at radius 3 is 2.37 bits per heavy atom. The zero-order chi connectivity index (χ0) is 18.9. The molecule has 142 valence electrons. The molecule has 5 heteroatoms. The van der Waals surface area contributed by atoms with E-state index in [0.717, 1.165) is 30.1 Å². The lowest BCUT2D eigenvalue weighted by Crippen LogP contribution is -2.43. The lowest BCUT2D eigenvalue weighted by Gasteiger charge is -2.34. The van der Waals surface area contributed by atoms with Crippen molar-refractivity contribution in [1.82, 2.24) is 10.1 Å². The summed E-state index contributed by atoms with van der Waals surface area (Å²) in [4.78, 5) is 6.29. The van der Waals surface area contributed by atoms with Crippen LogP contribution >= 0.6 is 0 Å². The van der Waals surface area contributed by atoms with Crippen molar-refractivity contribution in [3.05, 3.63) is 59.7 Å². The molecule has 2 aliphatic heterocycles. The molecular weight excluding hydrogens is 336 g/mol. The molecule has 2 aliphatic rings. The second kappa shape index (κ2) is 7.31. The summed E-state index contributed by atoms with van der Waals surface area (Å²) in [5.74, 6) is 0.869. The number of hydrogen-bond donors (Lipinski definition) is 0. The molecule has 0 spiro atoms. The Kier molecular flexibility index (Phi) is 4.87. The molecule has 5 nitrogen and oxygen atoms in total. The van der Waals surface area contributed by atoms with Crippen LogP contribution in [0.4, 0.5) is 5.69 Å². The van der Waals surface area contributed by atoms with Crippen LogP contribution < -0.4 is 4.84 Å². The van der Waals surface area contributed by atoms with Crippen LogP contribution in [0.1, 0.15) is 57.2 Å². The molecule has 0 bridgehead atoms. The summed E-state index contributed by atoms with van der Waals surface area (Å²) in [7, 11) is 0. The minimum Gasteiger partial charge on any atom is -0.404 e. The number of piperidine rings is 1. The number of hydrogen-bond acceptors (Lipinski definition) is 4. The van der Waals surface area contributed by atoms with Crippen molar-refractivity contribution in [1.29, 1.82) is 0 Å². The van der Waals surface area contributed by atoms with Crippen molar-refractivity contribution < 1.29 is 4.84 Å². The fourth-order valence-corrected chi connectivity index (χ4v) is 3.79. The summed E-state index contributed by atoms with van der Waals surface area (Å²) in [6.07, 6.45) is 3.68. The molecule has 0 aliphatic carbocycles. The molecule has 4 rings (SSSR count). The maximum absolute atomic E-state index is 6.29. The van der Waals surface area contributed by atoms with Gasteiger partial charge in [0.05, 0.1) is 5.69 Å². The van der Waals surface area contributed by atoms with E-state index in [0.29, 0.717) is 0 Å². The van der Waals surface area contributed by atoms with Gasteiger partial charge >= 0.3 is 0 Å². The SMILES string of the molecule is CC(C)(C)N1Oc2cccc(N=NN3CCCCC3)c2C1c1ccccc1. The fourth-order valence-electron chi connectivity index (χ4n) is 3.79. The first-order valence-electron chi connectivity index (χ1n) is 9.86. The molecule has 0 N–H and O–H groups in total. The molecule has 1 fully saturated rings. The van der Waals surface area contributed by atoms with Crippen molar-refractivity contribution in [2.45, 2.75) is 51.6 Å². The maximum Gasteiger partial charge on any atom is 0.155 e. The van der Waals surface area contributed by atoms with Gasteiger partial charge in [0.1, 0.15) is 6.04 Å². The van der Waals surface area contributed by atoms with Crippen molar-refractivity contribution in [2.24, 2.45) is 10.3 Å². The highest BCUT2D eigenvalue weighted by molar-refractivity contribution is 5.59. The van der Waals surface area contributed by atoms with Crippen molar-refractivity contribution in [3.63, 3.8) is 0 Å². The molecule has 0 amide bonds. The van der Waals surface area contributed by atoms with Crippen LogP contribution in [0.25, 0.3) is 0 Å². The van der Waals surface area contributed by atoms with Gasteiger partial charge in [-0.1, -0.05) is 41.6 Å². The lowest BCUT2D eigenvalue weighted by atomic mass is 9.94. The third-order valence-electron chi connectivity index (χ3n) is 5.14. The van der Waals surface area contributed by atoms with E-state index in [1.54, 1.807) is 0 Å². The fraction of sp³-hybridized carbons (Fsp3) is 0.455. The van der Waals surface area contributed by atoms with E-state index in [1.165, 1.54) is 24.8 Å². The minimum atomic E-state index is -0.152. The predicted octanol–water partition coefficient (Wildman–Crippen LogP) is 5.67. The summed E-state index contributed by atoms with van der Waals surface area (Å²) >= 11 is 0. The first-order valence-corrected chi connectivity index (χ1v) is 9.86. The van der Waals surface area contributed by atoms with Crippen LogP contribution in [0, 0.1) is 0 Å². The van der Waals surface area contributed by atoms with E-state index in [1.807, 2.05) is 24.3 Å². The summed E-state index contributed by atoms with van der Waals surface area (Å²) in [5, 5.41) is 13.3. The average Bonchev–Trinajstić information content (AvgIpc) is 3.09. The summed E-state index contributed by atoms with van der Waals surface area (Å²) in [5.41, 5.74) is 3.03. The van der Waals surface area contributed by atoms with Gasteiger partial charge in [-0.3, -0.25) is 5.01 Å². The van der Waals surface area contributed by atoms with Crippen LogP contribution in [0.15, 0.2) is 58.9 Å². The quantitative estimate of drug-likeness (QED) is 0.659. The van der Waals surface area contributed by atoms with Crippen LogP contribution in [0.3, 0.4) is 0 Å². The number of nitrogens with zero attached hydrogens (tertiary/aromatic N) is 4. The number of fused-ring (bicyclic) bond motifs is 1. The molecular formula is C22H28N4O. The average molecular weight is 364 g/mol. The Bertz CT molecular complexity index is 807. The van der Waals surface area contributed by atoms with Crippen LogP contribution in [0.5, 0.6) is 5.75 Å². The summed E-state index contributed by atoms with van der Waals surface area (Å²) < 4.78 is 0. The molecule has 1 unspecified atom stereocenters. The largest absolute Gasteiger partial charge is 0.404 e.